The number of likely N-dealkylation sites (tertiary alicyclic amines) is 1. The molecule has 8 heteroatoms. The third-order valence-electron chi connectivity index (χ3n) is 6.90. The first-order valence-corrected chi connectivity index (χ1v) is 11.2. The lowest BCUT2D eigenvalue weighted by Crippen LogP contribution is -2.42. The molecule has 0 unspecified atom stereocenters. The topological polar surface area (TPSA) is 84.7 Å². The zero-order chi connectivity index (χ0) is 18.1. The van der Waals surface area contributed by atoms with E-state index >= 15 is 0 Å². The Labute approximate surface area is 154 Å². The number of hydrogen-bond donors (Lipinski definition) is 1. The maximum atomic E-state index is 12.2. The van der Waals surface area contributed by atoms with Gasteiger partial charge in [0.15, 0.2) is 0 Å². The Hall–Kier alpha value is -0.960. The van der Waals surface area contributed by atoms with Gasteiger partial charge in [0.1, 0.15) is 5.76 Å². The fourth-order valence-electron chi connectivity index (χ4n) is 5.34. The highest BCUT2D eigenvalue weighted by Crippen LogP contribution is 2.55. The van der Waals surface area contributed by atoms with Crippen LogP contribution in [0.15, 0.2) is 4.52 Å². The van der Waals surface area contributed by atoms with Gasteiger partial charge in [0.25, 0.3) is 0 Å². The van der Waals surface area contributed by atoms with Gasteiger partial charge in [-0.1, -0.05) is 5.16 Å². The van der Waals surface area contributed by atoms with Crippen LogP contribution in [0.4, 0.5) is 0 Å². The lowest BCUT2D eigenvalue weighted by atomic mass is 9.74. The van der Waals surface area contributed by atoms with Gasteiger partial charge in [0, 0.05) is 43.6 Å². The third-order valence-corrected chi connectivity index (χ3v) is 8.82. The summed E-state index contributed by atoms with van der Waals surface area (Å²) in [5, 5.41) is 3.90. The third kappa shape index (κ3) is 2.65. The summed E-state index contributed by atoms with van der Waals surface area (Å²) in [5.41, 5.74) is 2.04. The summed E-state index contributed by atoms with van der Waals surface area (Å²) in [6.45, 7) is 7.17. The van der Waals surface area contributed by atoms with Crippen LogP contribution in [0.1, 0.15) is 42.7 Å². The molecule has 0 amide bonds. The van der Waals surface area contributed by atoms with Gasteiger partial charge >= 0.3 is 0 Å². The van der Waals surface area contributed by atoms with E-state index in [2.05, 4.69) is 14.8 Å². The Morgan fingerprint density at radius 3 is 2.81 bits per heavy atom. The predicted molar refractivity (Wildman–Crippen MR) is 95.0 cm³/mol. The minimum Gasteiger partial charge on any atom is -0.370 e. The zero-order valence-corrected chi connectivity index (χ0v) is 16.2. The number of aromatic nitrogens is 1. The first-order chi connectivity index (χ1) is 12.4. The van der Waals surface area contributed by atoms with Crippen molar-refractivity contribution >= 4 is 10.0 Å². The second-order valence-electron chi connectivity index (χ2n) is 8.60. The van der Waals surface area contributed by atoms with Gasteiger partial charge in [0.05, 0.1) is 22.6 Å². The fourth-order valence-corrected chi connectivity index (χ4v) is 6.76. The molecular formula is C18H27N3O4S. The Bertz CT molecular complexity index is 799. The van der Waals surface area contributed by atoms with Gasteiger partial charge in [-0.25, -0.2) is 13.1 Å². The van der Waals surface area contributed by atoms with E-state index in [4.69, 9.17) is 9.26 Å². The van der Waals surface area contributed by atoms with E-state index in [0.29, 0.717) is 12.5 Å². The molecule has 144 valence electrons. The van der Waals surface area contributed by atoms with Gasteiger partial charge in [-0.3, -0.25) is 4.90 Å². The maximum Gasteiger partial charge on any atom is 0.214 e. The summed E-state index contributed by atoms with van der Waals surface area (Å²) in [6, 6.07) is 0. The molecule has 4 aliphatic rings. The molecule has 4 heterocycles. The summed E-state index contributed by atoms with van der Waals surface area (Å²) in [4.78, 5) is 2.43. The number of hydrogen-bond acceptors (Lipinski definition) is 6. The zero-order valence-electron chi connectivity index (χ0n) is 15.4. The second kappa shape index (κ2) is 5.77. The molecule has 1 spiro atoms. The van der Waals surface area contributed by atoms with Crippen LogP contribution >= 0.6 is 0 Å². The number of rotatable bonds is 6. The lowest BCUT2D eigenvalue weighted by molar-refractivity contribution is 0.00215. The Kier molecular flexibility index (Phi) is 3.81. The molecule has 1 aliphatic carbocycles. The summed E-state index contributed by atoms with van der Waals surface area (Å²) in [7, 11) is -3.13. The molecule has 3 aliphatic heterocycles. The van der Waals surface area contributed by atoms with Gasteiger partial charge in [-0.05, 0) is 39.5 Å². The SMILES string of the molecule is Cc1noc(C)c1CN1C[C@@H]2[C@H](CNS(=O)(=O)C3CC3)[C@H]3CC[C@]2(C1)O3. The molecule has 1 saturated carbocycles. The van der Waals surface area contributed by atoms with Gasteiger partial charge in [-0.15, -0.1) is 0 Å². The molecule has 1 N–H and O–H groups in total. The highest BCUT2D eigenvalue weighted by Gasteiger charge is 2.62. The van der Waals surface area contributed by atoms with E-state index in [1.54, 1.807) is 0 Å². The van der Waals surface area contributed by atoms with Crippen molar-refractivity contribution in [1.29, 1.82) is 0 Å². The van der Waals surface area contributed by atoms with Crippen LogP contribution in [0, 0.1) is 25.7 Å². The predicted octanol–water partition coefficient (Wildman–Crippen LogP) is 1.35. The standard InChI is InChI=1S/C18H27N3O4S/c1-11-15(12(2)25-20-11)8-21-9-16-14(7-19-26(22,23)13-3-4-13)17-5-6-18(16,10-21)24-17/h13-14,16-17,19H,3-10H2,1-2H3/t14-,16+,17+,18+/m0/s1. The van der Waals surface area contributed by atoms with Crippen LogP contribution in [0.2, 0.25) is 0 Å². The second-order valence-corrected chi connectivity index (χ2v) is 10.6. The van der Waals surface area contributed by atoms with Crippen molar-refractivity contribution in [3.8, 4) is 0 Å². The quantitative estimate of drug-likeness (QED) is 0.801. The summed E-state index contributed by atoms with van der Waals surface area (Å²) >= 11 is 0. The van der Waals surface area contributed by atoms with Crippen LogP contribution in [-0.4, -0.2) is 55.1 Å². The Morgan fingerprint density at radius 2 is 2.12 bits per heavy atom. The molecule has 1 aromatic rings. The molecule has 0 aromatic carbocycles. The number of sulfonamides is 1. The monoisotopic (exact) mass is 381 g/mol. The summed E-state index contributed by atoms with van der Waals surface area (Å²) in [5.74, 6) is 1.58. The van der Waals surface area contributed by atoms with Gasteiger partial charge in [0.2, 0.25) is 10.0 Å². The number of aryl methyl sites for hydroxylation is 2. The molecule has 3 saturated heterocycles. The lowest BCUT2D eigenvalue weighted by Gasteiger charge is -2.29. The molecule has 1 aromatic heterocycles. The Morgan fingerprint density at radius 1 is 1.31 bits per heavy atom. The van der Waals surface area contributed by atoms with Crippen molar-refractivity contribution in [1.82, 2.24) is 14.8 Å². The van der Waals surface area contributed by atoms with Crippen LogP contribution in [-0.2, 0) is 21.3 Å². The molecule has 2 bridgehead atoms. The smallest absolute Gasteiger partial charge is 0.214 e. The van der Waals surface area contributed by atoms with Crippen molar-refractivity contribution in [2.75, 3.05) is 19.6 Å². The largest absolute Gasteiger partial charge is 0.370 e. The summed E-state index contributed by atoms with van der Waals surface area (Å²) < 4.78 is 39.1. The first kappa shape index (κ1) is 17.2. The van der Waals surface area contributed by atoms with Crippen LogP contribution in [0.5, 0.6) is 0 Å². The minimum absolute atomic E-state index is 0.0840. The Balaban J connectivity index is 1.29. The van der Waals surface area contributed by atoms with Crippen LogP contribution in [0.25, 0.3) is 0 Å². The highest BCUT2D eigenvalue weighted by atomic mass is 32.2. The number of fused-ring (bicyclic) bond motifs is 1. The van der Waals surface area contributed by atoms with Gasteiger partial charge in [-0.2, -0.15) is 0 Å². The van der Waals surface area contributed by atoms with E-state index in [1.807, 2.05) is 13.8 Å². The molecule has 5 rings (SSSR count). The van der Waals surface area contributed by atoms with Gasteiger partial charge < -0.3 is 9.26 Å². The molecule has 0 radical (unpaired) electrons. The normalized spacial score (nSPS) is 36.8. The van der Waals surface area contributed by atoms with Crippen LogP contribution in [0.3, 0.4) is 0 Å². The van der Waals surface area contributed by atoms with E-state index < -0.39 is 10.0 Å². The number of nitrogens with one attached hydrogen (secondary N) is 1. The van der Waals surface area contributed by atoms with Crippen molar-refractivity contribution in [3.63, 3.8) is 0 Å². The van der Waals surface area contributed by atoms with Crippen molar-refractivity contribution in [2.24, 2.45) is 11.8 Å². The average molecular weight is 381 g/mol. The molecule has 26 heavy (non-hydrogen) atoms. The molecule has 4 atom stereocenters. The first-order valence-electron chi connectivity index (χ1n) is 9.68. The molecular weight excluding hydrogens is 354 g/mol. The van der Waals surface area contributed by atoms with Crippen LogP contribution < -0.4 is 4.72 Å². The minimum atomic E-state index is -3.13. The van der Waals surface area contributed by atoms with Crippen molar-refractivity contribution in [3.05, 3.63) is 17.0 Å². The van der Waals surface area contributed by atoms with E-state index in [1.165, 1.54) is 5.56 Å². The highest BCUT2D eigenvalue weighted by molar-refractivity contribution is 7.90. The molecule has 4 fully saturated rings. The fraction of sp³-hybridized carbons (Fsp3) is 0.833. The van der Waals surface area contributed by atoms with Crippen molar-refractivity contribution in [2.45, 2.75) is 63.0 Å². The number of nitrogens with zero attached hydrogens (tertiary/aromatic N) is 2. The number of ether oxygens (including phenoxy) is 1. The van der Waals surface area contributed by atoms with E-state index in [9.17, 15) is 8.42 Å². The maximum absolute atomic E-state index is 12.2. The van der Waals surface area contributed by atoms with E-state index in [0.717, 1.165) is 56.8 Å². The van der Waals surface area contributed by atoms with Crippen molar-refractivity contribution < 1.29 is 17.7 Å². The van der Waals surface area contributed by atoms with E-state index in [-0.39, 0.29) is 22.9 Å². The molecule has 7 nitrogen and oxygen atoms in total. The summed E-state index contributed by atoms with van der Waals surface area (Å²) in [6.07, 6.45) is 3.96. The average Bonchev–Trinajstić information content (AvgIpc) is 3.11.